The molecule has 1 amide bonds. The third-order valence-electron chi connectivity index (χ3n) is 4.40. The molecule has 0 spiro atoms. The predicted molar refractivity (Wildman–Crippen MR) is 88.2 cm³/mol. The van der Waals surface area contributed by atoms with Gasteiger partial charge in [0.1, 0.15) is 5.60 Å². The summed E-state index contributed by atoms with van der Waals surface area (Å²) >= 11 is 0. The monoisotopic (exact) mass is 302 g/mol. The Balaban J connectivity index is 1.80. The van der Waals surface area contributed by atoms with E-state index in [1.54, 1.807) is 4.90 Å². The summed E-state index contributed by atoms with van der Waals surface area (Å²) < 4.78 is 5.56. The van der Waals surface area contributed by atoms with E-state index in [9.17, 15) is 4.79 Å². The number of fused-ring (bicyclic) bond motifs is 1. The highest BCUT2D eigenvalue weighted by Gasteiger charge is 2.37. The minimum Gasteiger partial charge on any atom is -0.443 e. The van der Waals surface area contributed by atoms with Crippen molar-refractivity contribution >= 4 is 11.8 Å². The maximum absolute atomic E-state index is 12.5. The van der Waals surface area contributed by atoms with Crippen LogP contribution in [0.2, 0.25) is 0 Å². The summed E-state index contributed by atoms with van der Waals surface area (Å²) in [5.41, 5.74) is 3.31. The molecular formula is C18H26N2O2. The van der Waals surface area contributed by atoms with Gasteiger partial charge in [0.25, 0.3) is 0 Å². The zero-order valence-corrected chi connectivity index (χ0v) is 14.0. The molecule has 1 saturated carbocycles. The molecule has 0 saturated heterocycles. The Bertz CT molecular complexity index is 585. The second-order valence-corrected chi connectivity index (χ2v) is 7.72. The van der Waals surface area contributed by atoms with Crippen molar-refractivity contribution in [2.75, 3.05) is 11.4 Å². The maximum atomic E-state index is 12.5. The van der Waals surface area contributed by atoms with Gasteiger partial charge in [0.05, 0.1) is 5.69 Å². The van der Waals surface area contributed by atoms with Crippen molar-refractivity contribution in [1.82, 2.24) is 5.32 Å². The van der Waals surface area contributed by atoms with Crippen LogP contribution in [-0.2, 0) is 17.7 Å². The van der Waals surface area contributed by atoms with Crippen LogP contribution in [0.5, 0.6) is 0 Å². The minimum absolute atomic E-state index is 0.240. The Morgan fingerprint density at radius 3 is 2.73 bits per heavy atom. The lowest BCUT2D eigenvalue weighted by molar-refractivity contribution is 0.0583. The zero-order valence-electron chi connectivity index (χ0n) is 14.0. The van der Waals surface area contributed by atoms with Crippen molar-refractivity contribution in [1.29, 1.82) is 0 Å². The van der Waals surface area contributed by atoms with E-state index in [2.05, 4.69) is 30.4 Å². The van der Waals surface area contributed by atoms with Crippen LogP contribution >= 0.6 is 0 Å². The number of hydrogen-bond donors (Lipinski definition) is 1. The number of nitrogens with zero attached hydrogens (tertiary/aromatic N) is 1. The molecule has 1 aromatic rings. The summed E-state index contributed by atoms with van der Waals surface area (Å²) in [7, 11) is 0. The van der Waals surface area contributed by atoms with Crippen LogP contribution in [0.25, 0.3) is 0 Å². The number of benzene rings is 1. The van der Waals surface area contributed by atoms with Gasteiger partial charge >= 0.3 is 6.09 Å². The van der Waals surface area contributed by atoms with Crippen molar-refractivity contribution in [3.8, 4) is 0 Å². The summed E-state index contributed by atoms with van der Waals surface area (Å²) in [6, 6.07) is 6.31. The number of amides is 1. The largest absolute Gasteiger partial charge is 0.443 e. The smallest absolute Gasteiger partial charge is 0.414 e. The first-order chi connectivity index (χ1) is 10.3. The van der Waals surface area contributed by atoms with E-state index in [0.29, 0.717) is 6.54 Å². The van der Waals surface area contributed by atoms with Gasteiger partial charge in [-0.1, -0.05) is 18.2 Å². The molecule has 0 bridgehead atoms. The Labute approximate surface area is 132 Å². The first kappa shape index (κ1) is 15.3. The quantitative estimate of drug-likeness (QED) is 0.927. The average Bonchev–Trinajstić information content (AvgIpc) is 2.99. The normalized spacial score (nSPS) is 19.0. The number of carbonyl (C=O) groups excluding carboxylic acids is 1. The van der Waals surface area contributed by atoms with Crippen molar-refractivity contribution in [3.05, 3.63) is 29.3 Å². The Morgan fingerprint density at radius 2 is 2.09 bits per heavy atom. The topological polar surface area (TPSA) is 41.6 Å². The fourth-order valence-electron chi connectivity index (χ4n) is 2.85. The van der Waals surface area contributed by atoms with E-state index in [4.69, 9.17) is 4.74 Å². The van der Waals surface area contributed by atoms with Crippen LogP contribution in [0.1, 0.15) is 51.7 Å². The standard InChI is InChI=1S/C18H26N2O2/c1-17(2,3)22-16(21)20-11-8-13-6-5-7-14(15(13)20)12-19-18(4)9-10-18/h5-7,19H,8-12H2,1-4H3. The highest BCUT2D eigenvalue weighted by molar-refractivity contribution is 5.91. The molecule has 120 valence electrons. The van der Waals surface area contributed by atoms with Gasteiger partial charge in [-0.2, -0.15) is 0 Å². The first-order valence-corrected chi connectivity index (χ1v) is 8.14. The van der Waals surface area contributed by atoms with E-state index in [1.807, 2.05) is 20.8 Å². The summed E-state index contributed by atoms with van der Waals surface area (Å²) in [6.45, 7) is 9.48. The van der Waals surface area contributed by atoms with Crippen molar-refractivity contribution in [2.45, 2.75) is 64.6 Å². The van der Waals surface area contributed by atoms with Gasteiger partial charge in [-0.3, -0.25) is 4.90 Å². The Kier molecular flexibility index (Phi) is 3.68. The third kappa shape index (κ3) is 3.27. The molecule has 1 aliphatic carbocycles. The molecule has 22 heavy (non-hydrogen) atoms. The van der Waals surface area contributed by atoms with Crippen LogP contribution in [-0.4, -0.2) is 23.8 Å². The molecule has 4 heteroatoms. The third-order valence-corrected chi connectivity index (χ3v) is 4.40. The van der Waals surface area contributed by atoms with Gasteiger partial charge in [-0.05, 0) is 58.1 Å². The number of ether oxygens (including phenoxy) is 1. The van der Waals surface area contributed by atoms with Crippen LogP contribution in [0.3, 0.4) is 0 Å². The average molecular weight is 302 g/mol. The number of hydrogen-bond acceptors (Lipinski definition) is 3. The highest BCUT2D eigenvalue weighted by atomic mass is 16.6. The molecule has 0 radical (unpaired) electrons. The maximum Gasteiger partial charge on any atom is 0.414 e. The van der Waals surface area contributed by atoms with Gasteiger partial charge in [-0.15, -0.1) is 0 Å². The van der Waals surface area contributed by atoms with Gasteiger partial charge in [-0.25, -0.2) is 4.79 Å². The molecule has 4 nitrogen and oxygen atoms in total. The van der Waals surface area contributed by atoms with E-state index < -0.39 is 5.60 Å². The van der Waals surface area contributed by atoms with Gasteiger partial charge in [0, 0.05) is 18.6 Å². The number of anilines is 1. The molecule has 0 unspecified atom stereocenters. The van der Waals surface area contributed by atoms with Crippen LogP contribution in [0.4, 0.5) is 10.5 Å². The van der Waals surface area contributed by atoms with Crippen molar-refractivity contribution in [3.63, 3.8) is 0 Å². The van der Waals surface area contributed by atoms with Gasteiger partial charge < -0.3 is 10.1 Å². The highest BCUT2D eigenvalue weighted by Crippen LogP contribution is 2.37. The van der Waals surface area contributed by atoms with Gasteiger partial charge in [0.2, 0.25) is 0 Å². The molecule has 1 aliphatic heterocycles. The van der Waals surface area contributed by atoms with E-state index in [-0.39, 0.29) is 11.6 Å². The fourth-order valence-corrected chi connectivity index (χ4v) is 2.85. The molecule has 1 fully saturated rings. The molecule has 0 atom stereocenters. The number of nitrogens with one attached hydrogen (secondary N) is 1. The molecule has 1 N–H and O–H groups in total. The van der Waals surface area contributed by atoms with Crippen LogP contribution in [0, 0.1) is 0 Å². The summed E-state index contributed by atoms with van der Waals surface area (Å²) in [6.07, 6.45) is 3.13. The molecule has 3 rings (SSSR count). The summed E-state index contributed by atoms with van der Waals surface area (Å²) in [5, 5.41) is 3.61. The van der Waals surface area contributed by atoms with E-state index >= 15 is 0 Å². The van der Waals surface area contributed by atoms with Gasteiger partial charge in [0.15, 0.2) is 0 Å². The van der Waals surface area contributed by atoms with Crippen LogP contribution in [0.15, 0.2) is 18.2 Å². The Morgan fingerprint density at radius 1 is 1.36 bits per heavy atom. The van der Waals surface area contributed by atoms with Crippen LogP contribution < -0.4 is 10.2 Å². The molecule has 1 heterocycles. The second kappa shape index (κ2) is 5.27. The SMILES string of the molecule is CC1(NCc2cccc3c2N(C(=O)OC(C)(C)C)CC3)CC1. The molecule has 2 aliphatic rings. The zero-order chi connectivity index (χ0) is 16.0. The molecule has 0 aromatic heterocycles. The summed E-state index contributed by atoms with van der Waals surface area (Å²) in [5.74, 6) is 0. The van der Waals surface area contributed by atoms with E-state index in [0.717, 1.165) is 18.7 Å². The lowest BCUT2D eigenvalue weighted by Crippen LogP contribution is -2.36. The summed E-state index contributed by atoms with van der Waals surface area (Å²) in [4.78, 5) is 14.3. The minimum atomic E-state index is -0.464. The second-order valence-electron chi connectivity index (χ2n) is 7.72. The molecular weight excluding hydrogens is 276 g/mol. The Hall–Kier alpha value is -1.55. The van der Waals surface area contributed by atoms with Crippen molar-refractivity contribution in [2.24, 2.45) is 0 Å². The number of rotatable bonds is 3. The fraction of sp³-hybridized carbons (Fsp3) is 0.611. The number of para-hydroxylation sites is 1. The predicted octanol–water partition coefficient (Wildman–Crippen LogP) is 3.63. The lowest BCUT2D eigenvalue weighted by atomic mass is 10.1. The van der Waals surface area contributed by atoms with E-state index in [1.165, 1.54) is 24.0 Å². The van der Waals surface area contributed by atoms with Crippen molar-refractivity contribution < 1.29 is 9.53 Å². The number of carbonyl (C=O) groups is 1. The lowest BCUT2D eigenvalue weighted by Gasteiger charge is -2.26. The first-order valence-electron chi connectivity index (χ1n) is 8.14. The molecule has 1 aromatic carbocycles.